The van der Waals surface area contributed by atoms with Crippen molar-refractivity contribution in [3.63, 3.8) is 0 Å². The first-order chi connectivity index (χ1) is 12.8. The number of carboxylic acid groups (broad SMARTS) is 1. The minimum absolute atomic E-state index is 0. The molecule has 4 rings (SSSR count). The van der Waals surface area contributed by atoms with Crippen LogP contribution >= 0.6 is 0 Å². The fourth-order valence-corrected chi connectivity index (χ4v) is 8.68. The molecule has 0 aliphatic heterocycles. The molecule has 4 aliphatic carbocycles. The molecule has 4 aliphatic rings. The van der Waals surface area contributed by atoms with Crippen molar-refractivity contribution in [3.8, 4) is 0 Å². The predicted octanol–water partition coefficient (Wildman–Crippen LogP) is 6.86. The number of allylic oxidation sites excluding steroid dienone is 1. The highest BCUT2D eigenvalue weighted by Gasteiger charge is 2.60. The van der Waals surface area contributed by atoms with Crippen LogP contribution in [0.15, 0.2) is 12.2 Å². The van der Waals surface area contributed by atoms with E-state index in [0.29, 0.717) is 23.2 Å². The smallest absolute Gasteiger partial charge is 0.303 e. The molecule has 0 aromatic rings. The maximum Gasteiger partial charge on any atom is 0.303 e. The molecule has 3 heteroatoms. The highest BCUT2D eigenvalue weighted by molar-refractivity contribution is 5.66. The van der Waals surface area contributed by atoms with Gasteiger partial charge in [-0.3, -0.25) is 4.79 Å². The Morgan fingerprint density at radius 1 is 1.11 bits per heavy atom. The molecule has 4 saturated carbocycles. The Hall–Kier alpha value is -0.830. The van der Waals surface area contributed by atoms with Gasteiger partial charge in [0.05, 0.1) is 0 Å². The van der Waals surface area contributed by atoms with Crippen LogP contribution in [0.25, 0.3) is 0 Å². The molecule has 1 unspecified atom stereocenters. The van der Waals surface area contributed by atoms with E-state index in [1.807, 2.05) is 0 Å². The molecular formula is C25H43NO2. The van der Waals surface area contributed by atoms with Gasteiger partial charge in [0.1, 0.15) is 0 Å². The first-order valence-electron chi connectivity index (χ1n) is 11.6. The van der Waals surface area contributed by atoms with Crippen LogP contribution in [0.2, 0.25) is 0 Å². The van der Waals surface area contributed by atoms with E-state index in [9.17, 15) is 4.79 Å². The van der Waals surface area contributed by atoms with E-state index in [2.05, 4.69) is 27.4 Å². The van der Waals surface area contributed by atoms with Crippen molar-refractivity contribution in [2.45, 2.75) is 91.4 Å². The lowest BCUT2D eigenvalue weighted by Crippen LogP contribution is -2.53. The Kier molecular flexibility index (Phi) is 6.07. The summed E-state index contributed by atoms with van der Waals surface area (Å²) < 4.78 is 0. The summed E-state index contributed by atoms with van der Waals surface area (Å²) in [6.45, 7) is 11.9. The fourth-order valence-electron chi connectivity index (χ4n) is 8.68. The molecule has 0 saturated heterocycles. The SMILES string of the molecule is C=C1CC[C@@]2(C)C(CC[C@H]3[C@@H]4CC[C@H]([C@H](C)CCC(=O)O)[C@@]4(C)CC[C@@H]32)C1.N. The average molecular weight is 390 g/mol. The molecule has 0 spiro atoms. The van der Waals surface area contributed by atoms with E-state index in [0.717, 1.165) is 36.0 Å². The topological polar surface area (TPSA) is 72.3 Å². The molecule has 28 heavy (non-hydrogen) atoms. The van der Waals surface area contributed by atoms with Gasteiger partial charge in [-0.2, -0.15) is 0 Å². The van der Waals surface area contributed by atoms with Gasteiger partial charge in [-0.25, -0.2) is 0 Å². The largest absolute Gasteiger partial charge is 0.481 e. The lowest BCUT2D eigenvalue weighted by atomic mass is 9.44. The number of aliphatic carboxylic acids is 1. The average Bonchev–Trinajstić information content (AvgIpc) is 2.97. The van der Waals surface area contributed by atoms with Crippen LogP contribution < -0.4 is 6.15 Å². The Morgan fingerprint density at radius 3 is 2.54 bits per heavy atom. The zero-order valence-electron chi connectivity index (χ0n) is 18.5. The molecule has 0 radical (unpaired) electrons. The molecule has 0 heterocycles. The lowest BCUT2D eigenvalue weighted by molar-refractivity contribution is -0.137. The third-order valence-corrected chi connectivity index (χ3v) is 10.2. The van der Waals surface area contributed by atoms with Gasteiger partial charge < -0.3 is 11.3 Å². The minimum atomic E-state index is -0.629. The first-order valence-corrected chi connectivity index (χ1v) is 11.6. The summed E-state index contributed by atoms with van der Waals surface area (Å²) in [5.74, 6) is 4.28. The van der Waals surface area contributed by atoms with Gasteiger partial charge in [0, 0.05) is 6.42 Å². The van der Waals surface area contributed by atoms with Crippen LogP contribution in [0, 0.1) is 46.3 Å². The van der Waals surface area contributed by atoms with Crippen molar-refractivity contribution >= 4 is 5.97 Å². The molecule has 4 fully saturated rings. The molecule has 8 atom stereocenters. The lowest BCUT2D eigenvalue weighted by Gasteiger charge is -2.61. The summed E-state index contributed by atoms with van der Waals surface area (Å²) in [6.07, 6.45) is 13.5. The van der Waals surface area contributed by atoms with Crippen molar-refractivity contribution < 1.29 is 9.90 Å². The van der Waals surface area contributed by atoms with Crippen molar-refractivity contribution in [1.29, 1.82) is 0 Å². The molecule has 160 valence electrons. The monoisotopic (exact) mass is 389 g/mol. The second kappa shape index (κ2) is 7.78. The van der Waals surface area contributed by atoms with Crippen LogP contribution in [0.4, 0.5) is 0 Å². The highest BCUT2D eigenvalue weighted by atomic mass is 16.4. The molecule has 0 bridgehead atoms. The molecule has 0 amide bonds. The zero-order chi connectivity index (χ0) is 19.4. The number of fused-ring (bicyclic) bond motifs is 5. The van der Waals surface area contributed by atoms with Crippen LogP contribution in [0.3, 0.4) is 0 Å². The van der Waals surface area contributed by atoms with E-state index in [1.165, 1.54) is 63.4 Å². The van der Waals surface area contributed by atoms with Gasteiger partial charge >= 0.3 is 5.97 Å². The Labute approximate surface area is 172 Å². The van der Waals surface area contributed by atoms with Gasteiger partial charge in [0.15, 0.2) is 0 Å². The Bertz CT molecular complexity index is 616. The van der Waals surface area contributed by atoms with Crippen LogP contribution in [-0.4, -0.2) is 11.1 Å². The normalized spacial score (nSPS) is 46.0. The predicted molar refractivity (Wildman–Crippen MR) is 115 cm³/mol. The summed E-state index contributed by atoms with van der Waals surface area (Å²) in [7, 11) is 0. The first kappa shape index (κ1) is 21.9. The number of rotatable bonds is 4. The second-order valence-electron chi connectivity index (χ2n) is 11.2. The number of hydrogen-bond acceptors (Lipinski definition) is 2. The van der Waals surface area contributed by atoms with E-state index in [-0.39, 0.29) is 6.15 Å². The van der Waals surface area contributed by atoms with Crippen molar-refractivity contribution in [2.75, 3.05) is 0 Å². The Balaban J connectivity index is 0.00000225. The van der Waals surface area contributed by atoms with Crippen LogP contribution in [-0.2, 0) is 4.79 Å². The summed E-state index contributed by atoms with van der Waals surface area (Å²) >= 11 is 0. The summed E-state index contributed by atoms with van der Waals surface area (Å²) in [5.41, 5.74) is 2.52. The zero-order valence-corrected chi connectivity index (χ0v) is 18.5. The standard InChI is InChI=1S/C25H40O2.H3N/c1-16-11-13-24(3)18(15-16)6-7-19-21-9-8-20(17(2)5-10-23(26)27)25(21,4)14-12-22(19)24;/h17-22H,1,5-15H2,2-4H3,(H,26,27);1H3/t17-,18?,19+,20-,21+,22+,24+,25-;/m1./s1. The van der Waals surface area contributed by atoms with E-state index in [4.69, 9.17) is 5.11 Å². The van der Waals surface area contributed by atoms with Crippen LogP contribution in [0.1, 0.15) is 91.4 Å². The maximum atomic E-state index is 11.1. The molecule has 3 nitrogen and oxygen atoms in total. The van der Waals surface area contributed by atoms with Crippen LogP contribution in [0.5, 0.6) is 0 Å². The van der Waals surface area contributed by atoms with Gasteiger partial charge in [0.2, 0.25) is 0 Å². The number of carboxylic acids is 1. The van der Waals surface area contributed by atoms with Crippen molar-refractivity contribution in [1.82, 2.24) is 6.15 Å². The van der Waals surface area contributed by atoms with Gasteiger partial charge in [-0.05, 0) is 111 Å². The molecule has 0 aromatic heterocycles. The third-order valence-electron chi connectivity index (χ3n) is 10.2. The van der Waals surface area contributed by atoms with Gasteiger partial charge in [-0.1, -0.05) is 32.9 Å². The highest BCUT2D eigenvalue weighted by Crippen LogP contribution is 2.68. The Morgan fingerprint density at radius 2 is 1.82 bits per heavy atom. The fraction of sp³-hybridized carbons (Fsp3) is 0.880. The second-order valence-corrected chi connectivity index (χ2v) is 11.2. The quantitative estimate of drug-likeness (QED) is 0.515. The molecule has 4 N–H and O–H groups in total. The maximum absolute atomic E-state index is 11.1. The van der Waals surface area contributed by atoms with E-state index < -0.39 is 5.97 Å². The minimum Gasteiger partial charge on any atom is -0.481 e. The summed E-state index contributed by atoms with van der Waals surface area (Å²) in [6, 6.07) is 0. The number of hydrogen-bond donors (Lipinski definition) is 2. The van der Waals surface area contributed by atoms with Crippen molar-refractivity contribution in [2.24, 2.45) is 46.3 Å². The summed E-state index contributed by atoms with van der Waals surface area (Å²) in [4.78, 5) is 11.1. The molecule has 0 aromatic carbocycles. The van der Waals surface area contributed by atoms with Gasteiger partial charge in [0.25, 0.3) is 0 Å². The summed E-state index contributed by atoms with van der Waals surface area (Å²) in [5, 5.41) is 9.11. The third kappa shape index (κ3) is 3.36. The van der Waals surface area contributed by atoms with E-state index >= 15 is 0 Å². The number of carbonyl (C=O) groups is 1. The van der Waals surface area contributed by atoms with Crippen molar-refractivity contribution in [3.05, 3.63) is 12.2 Å². The molecular weight excluding hydrogens is 346 g/mol. The van der Waals surface area contributed by atoms with E-state index in [1.54, 1.807) is 0 Å². The van der Waals surface area contributed by atoms with Gasteiger partial charge in [-0.15, -0.1) is 0 Å².